The number of thioether (sulfide) groups is 1. The van der Waals surface area contributed by atoms with E-state index in [1.807, 2.05) is 11.8 Å². The lowest BCUT2D eigenvalue weighted by Gasteiger charge is -2.37. The molecule has 2 aliphatic heterocycles. The molecule has 0 aliphatic carbocycles. The van der Waals surface area contributed by atoms with E-state index < -0.39 is 0 Å². The minimum Gasteiger partial charge on any atom is -0.298 e. The third-order valence-electron chi connectivity index (χ3n) is 4.21. The van der Waals surface area contributed by atoms with Crippen LogP contribution in [0.1, 0.15) is 18.4 Å². The lowest BCUT2D eigenvalue weighted by molar-refractivity contribution is 0.0993. The molecule has 1 aromatic rings. The highest BCUT2D eigenvalue weighted by Crippen LogP contribution is 2.23. The lowest BCUT2D eigenvalue weighted by Crippen LogP contribution is -2.49. The molecule has 0 saturated carbocycles. The number of nitrogens with zero attached hydrogens (tertiary/aromatic N) is 2. The van der Waals surface area contributed by atoms with E-state index in [0.29, 0.717) is 0 Å². The molecule has 1 atom stereocenters. The van der Waals surface area contributed by atoms with E-state index >= 15 is 0 Å². The highest BCUT2D eigenvalue weighted by Gasteiger charge is 2.30. The van der Waals surface area contributed by atoms with Gasteiger partial charge in [-0.05, 0) is 43.3 Å². The van der Waals surface area contributed by atoms with Gasteiger partial charge in [-0.2, -0.15) is 0 Å². The first-order valence-electron chi connectivity index (χ1n) is 6.94. The number of piperazine rings is 1. The van der Waals surface area contributed by atoms with Crippen molar-refractivity contribution in [1.29, 1.82) is 0 Å². The summed E-state index contributed by atoms with van der Waals surface area (Å²) < 4.78 is 0. The van der Waals surface area contributed by atoms with Gasteiger partial charge in [-0.25, -0.2) is 0 Å². The first-order valence-corrected chi connectivity index (χ1v) is 8.17. The summed E-state index contributed by atoms with van der Waals surface area (Å²) in [5.74, 6) is 0. The Balaban J connectivity index is 1.62. The average molecular weight is 262 g/mol. The van der Waals surface area contributed by atoms with E-state index in [1.54, 1.807) is 0 Å². The van der Waals surface area contributed by atoms with E-state index in [4.69, 9.17) is 0 Å². The summed E-state index contributed by atoms with van der Waals surface area (Å²) in [6.07, 6.45) is 4.96. The van der Waals surface area contributed by atoms with Crippen molar-refractivity contribution in [2.24, 2.45) is 0 Å². The normalized spacial score (nSPS) is 25.3. The SMILES string of the molecule is CSc1cccc(CN2CCN3CCC[C@@H]3C2)c1. The molecule has 0 unspecified atom stereocenters. The Morgan fingerprint density at radius 3 is 3.11 bits per heavy atom. The summed E-state index contributed by atoms with van der Waals surface area (Å²) >= 11 is 1.83. The second kappa shape index (κ2) is 5.64. The Labute approximate surface area is 114 Å². The van der Waals surface area contributed by atoms with Crippen LogP contribution in [-0.4, -0.2) is 48.3 Å². The largest absolute Gasteiger partial charge is 0.298 e. The quantitative estimate of drug-likeness (QED) is 0.773. The third kappa shape index (κ3) is 2.73. The molecular formula is C15H22N2S. The Morgan fingerprint density at radius 2 is 2.22 bits per heavy atom. The van der Waals surface area contributed by atoms with Crippen LogP contribution in [0.3, 0.4) is 0 Å². The summed E-state index contributed by atoms with van der Waals surface area (Å²) in [6.45, 7) is 6.23. The molecule has 2 saturated heterocycles. The van der Waals surface area contributed by atoms with Crippen LogP contribution in [0.2, 0.25) is 0 Å². The molecule has 3 heteroatoms. The van der Waals surface area contributed by atoms with Crippen LogP contribution in [0, 0.1) is 0 Å². The van der Waals surface area contributed by atoms with Gasteiger partial charge in [0.05, 0.1) is 0 Å². The first kappa shape index (κ1) is 12.5. The Kier molecular flexibility index (Phi) is 3.92. The van der Waals surface area contributed by atoms with Crippen molar-refractivity contribution in [3.63, 3.8) is 0 Å². The van der Waals surface area contributed by atoms with Crippen molar-refractivity contribution in [3.8, 4) is 0 Å². The van der Waals surface area contributed by atoms with Crippen LogP contribution in [0.5, 0.6) is 0 Å². The smallest absolute Gasteiger partial charge is 0.0235 e. The van der Waals surface area contributed by atoms with Crippen molar-refractivity contribution >= 4 is 11.8 Å². The minimum absolute atomic E-state index is 0.836. The van der Waals surface area contributed by atoms with E-state index in [2.05, 4.69) is 40.3 Å². The summed E-state index contributed by atoms with van der Waals surface area (Å²) in [4.78, 5) is 6.69. The second-order valence-electron chi connectivity index (χ2n) is 5.42. The molecule has 0 spiro atoms. The van der Waals surface area contributed by atoms with Gasteiger partial charge < -0.3 is 0 Å². The molecule has 18 heavy (non-hydrogen) atoms. The van der Waals surface area contributed by atoms with Crippen molar-refractivity contribution in [3.05, 3.63) is 29.8 Å². The van der Waals surface area contributed by atoms with Gasteiger partial charge in [0, 0.05) is 37.1 Å². The van der Waals surface area contributed by atoms with Gasteiger partial charge in [0.2, 0.25) is 0 Å². The van der Waals surface area contributed by atoms with Crippen molar-refractivity contribution < 1.29 is 0 Å². The number of hydrogen-bond donors (Lipinski definition) is 0. The predicted molar refractivity (Wildman–Crippen MR) is 78.1 cm³/mol. The van der Waals surface area contributed by atoms with E-state index in [0.717, 1.165) is 12.6 Å². The maximum Gasteiger partial charge on any atom is 0.0235 e. The highest BCUT2D eigenvalue weighted by atomic mass is 32.2. The molecule has 1 aromatic carbocycles. The summed E-state index contributed by atoms with van der Waals surface area (Å²) in [6, 6.07) is 9.82. The predicted octanol–water partition coefficient (Wildman–Crippen LogP) is 2.69. The van der Waals surface area contributed by atoms with Crippen LogP contribution in [0.25, 0.3) is 0 Å². The average Bonchev–Trinajstić information content (AvgIpc) is 2.86. The summed E-state index contributed by atoms with van der Waals surface area (Å²) in [5, 5.41) is 0. The van der Waals surface area contributed by atoms with Gasteiger partial charge in [0.1, 0.15) is 0 Å². The fourth-order valence-electron chi connectivity index (χ4n) is 3.23. The van der Waals surface area contributed by atoms with E-state index in [-0.39, 0.29) is 0 Å². The Hall–Kier alpha value is -0.510. The minimum atomic E-state index is 0.836. The zero-order valence-corrected chi connectivity index (χ0v) is 12.0. The molecule has 98 valence electrons. The summed E-state index contributed by atoms with van der Waals surface area (Å²) in [5.41, 5.74) is 1.47. The van der Waals surface area contributed by atoms with E-state index in [9.17, 15) is 0 Å². The monoisotopic (exact) mass is 262 g/mol. The zero-order valence-electron chi connectivity index (χ0n) is 11.1. The number of benzene rings is 1. The molecule has 2 aliphatic rings. The Bertz CT molecular complexity index is 407. The molecule has 0 aromatic heterocycles. The van der Waals surface area contributed by atoms with Crippen LogP contribution in [0.4, 0.5) is 0 Å². The van der Waals surface area contributed by atoms with Crippen molar-refractivity contribution in [2.45, 2.75) is 30.3 Å². The second-order valence-corrected chi connectivity index (χ2v) is 6.30. The van der Waals surface area contributed by atoms with Crippen molar-refractivity contribution in [1.82, 2.24) is 9.80 Å². The van der Waals surface area contributed by atoms with Crippen LogP contribution in [0.15, 0.2) is 29.2 Å². The van der Waals surface area contributed by atoms with Crippen LogP contribution < -0.4 is 0 Å². The van der Waals surface area contributed by atoms with Gasteiger partial charge in [0.15, 0.2) is 0 Å². The van der Waals surface area contributed by atoms with Gasteiger partial charge in [-0.1, -0.05) is 12.1 Å². The third-order valence-corrected chi connectivity index (χ3v) is 4.94. The summed E-state index contributed by atoms with van der Waals surface area (Å²) in [7, 11) is 0. The molecule has 2 nitrogen and oxygen atoms in total. The van der Waals surface area contributed by atoms with Crippen LogP contribution in [-0.2, 0) is 6.54 Å². The lowest BCUT2D eigenvalue weighted by atomic mass is 10.1. The first-order chi connectivity index (χ1) is 8.85. The number of hydrogen-bond acceptors (Lipinski definition) is 3. The maximum absolute atomic E-state index is 2.68. The molecule has 2 fully saturated rings. The van der Waals surface area contributed by atoms with Gasteiger partial charge >= 0.3 is 0 Å². The molecule has 0 bridgehead atoms. The fraction of sp³-hybridized carbons (Fsp3) is 0.600. The van der Waals surface area contributed by atoms with Gasteiger partial charge in [-0.15, -0.1) is 11.8 Å². The highest BCUT2D eigenvalue weighted by molar-refractivity contribution is 7.98. The molecule has 0 radical (unpaired) electrons. The maximum atomic E-state index is 2.68. The molecule has 0 amide bonds. The number of rotatable bonds is 3. The zero-order chi connectivity index (χ0) is 12.4. The standard InChI is InChI=1S/C15H22N2S/c1-18-15-6-2-4-13(10-15)11-16-8-9-17-7-3-5-14(17)12-16/h2,4,6,10,14H,3,5,7-9,11-12H2,1H3/t14-/m1/s1. The molecule has 2 heterocycles. The Morgan fingerprint density at radius 1 is 1.28 bits per heavy atom. The van der Waals surface area contributed by atoms with Crippen LogP contribution >= 0.6 is 11.8 Å². The fourth-order valence-corrected chi connectivity index (χ4v) is 3.71. The van der Waals surface area contributed by atoms with Gasteiger partial charge in [-0.3, -0.25) is 9.80 Å². The molecular weight excluding hydrogens is 240 g/mol. The molecule has 0 N–H and O–H groups in total. The number of fused-ring (bicyclic) bond motifs is 1. The topological polar surface area (TPSA) is 6.48 Å². The van der Waals surface area contributed by atoms with E-state index in [1.165, 1.54) is 49.5 Å². The van der Waals surface area contributed by atoms with Gasteiger partial charge in [0.25, 0.3) is 0 Å². The molecule has 3 rings (SSSR count). The van der Waals surface area contributed by atoms with Crippen molar-refractivity contribution in [2.75, 3.05) is 32.4 Å².